The topological polar surface area (TPSA) is 79.0 Å². The van der Waals surface area contributed by atoms with Gasteiger partial charge in [-0.1, -0.05) is 6.07 Å². The summed E-state index contributed by atoms with van der Waals surface area (Å²) in [5, 5.41) is 2.76. The maximum absolute atomic E-state index is 13.7. The van der Waals surface area contributed by atoms with Gasteiger partial charge in [0.2, 0.25) is 10.0 Å². The van der Waals surface area contributed by atoms with Gasteiger partial charge < -0.3 is 15.0 Å². The molecule has 2 aliphatic rings. The van der Waals surface area contributed by atoms with Gasteiger partial charge in [0.05, 0.1) is 23.7 Å². The van der Waals surface area contributed by atoms with Crippen molar-refractivity contribution < 1.29 is 22.3 Å². The van der Waals surface area contributed by atoms with E-state index in [0.29, 0.717) is 24.6 Å². The number of anilines is 2. The lowest BCUT2D eigenvalue weighted by Gasteiger charge is -2.27. The molecule has 0 atom stereocenters. The fraction of sp³-hybridized carbons (Fsp3) is 0.409. The Morgan fingerprint density at radius 3 is 2.45 bits per heavy atom. The summed E-state index contributed by atoms with van der Waals surface area (Å²) in [5.41, 5.74) is 2.03. The third-order valence-electron chi connectivity index (χ3n) is 5.72. The van der Waals surface area contributed by atoms with Crippen LogP contribution in [0.3, 0.4) is 0 Å². The van der Waals surface area contributed by atoms with E-state index in [9.17, 15) is 17.6 Å². The number of benzene rings is 2. The summed E-state index contributed by atoms with van der Waals surface area (Å²) < 4.78 is 46.6. The molecular formula is C22H26FN3O4S. The fourth-order valence-corrected chi connectivity index (χ4v) is 5.38. The van der Waals surface area contributed by atoms with Crippen molar-refractivity contribution in [2.24, 2.45) is 0 Å². The molecule has 1 amide bonds. The van der Waals surface area contributed by atoms with Crippen molar-refractivity contribution in [3.05, 3.63) is 53.3 Å². The lowest BCUT2D eigenvalue weighted by Crippen LogP contribution is -2.40. The van der Waals surface area contributed by atoms with Crippen LogP contribution in [0.15, 0.2) is 41.3 Å². The van der Waals surface area contributed by atoms with E-state index in [1.807, 2.05) is 0 Å². The number of rotatable bonds is 5. The van der Waals surface area contributed by atoms with Crippen molar-refractivity contribution in [2.45, 2.75) is 24.7 Å². The largest absolute Gasteiger partial charge is 0.379 e. The molecule has 2 fully saturated rings. The normalized spacial score (nSPS) is 17.7. The van der Waals surface area contributed by atoms with Crippen LogP contribution < -0.4 is 10.2 Å². The zero-order valence-electron chi connectivity index (χ0n) is 17.4. The Morgan fingerprint density at radius 2 is 1.74 bits per heavy atom. The molecular weight excluding hydrogens is 421 g/mol. The molecule has 0 spiro atoms. The molecule has 166 valence electrons. The SMILES string of the molecule is Cc1ccc(F)cc1NC(=O)c1cc(S(=O)(=O)N2CCOCC2)ccc1N1CCCC1. The van der Waals surface area contributed by atoms with Crippen molar-refractivity contribution in [3.63, 3.8) is 0 Å². The van der Waals surface area contributed by atoms with Crippen LogP contribution in [0.2, 0.25) is 0 Å². The Morgan fingerprint density at radius 1 is 1.03 bits per heavy atom. The third-order valence-corrected chi connectivity index (χ3v) is 7.61. The van der Waals surface area contributed by atoms with Crippen LogP contribution >= 0.6 is 0 Å². The van der Waals surface area contributed by atoms with Crippen LogP contribution in [-0.2, 0) is 14.8 Å². The zero-order chi connectivity index (χ0) is 22.0. The highest BCUT2D eigenvalue weighted by molar-refractivity contribution is 7.89. The van der Waals surface area contributed by atoms with E-state index in [1.165, 1.54) is 22.5 Å². The molecule has 7 nitrogen and oxygen atoms in total. The van der Waals surface area contributed by atoms with Gasteiger partial charge >= 0.3 is 0 Å². The van der Waals surface area contributed by atoms with Gasteiger partial charge in [-0.25, -0.2) is 12.8 Å². The number of nitrogens with zero attached hydrogens (tertiary/aromatic N) is 2. The van der Waals surface area contributed by atoms with Gasteiger partial charge in [0.15, 0.2) is 0 Å². The number of sulfonamides is 1. The third kappa shape index (κ3) is 4.58. The molecule has 1 N–H and O–H groups in total. The molecule has 9 heteroatoms. The molecule has 2 aliphatic heterocycles. The standard InChI is InChI=1S/C22H26FN3O4S/c1-16-4-5-17(23)14-20(16)24-22(27)19-15-18(6-7-21(19)25-8-2-3-9-25)31(28,29)26-10-12-30-13-11-26/h4-7,14-15H,2-3,8-13H2,1H3,(H,24,27). The molecule has 2 aromatic carbocycles. The van der Waals surface area contributed by atoms with E-state index >= 15 is 0 Å². The number of carbonyl (C=O) groups excluding carboxylic acids is 1. The minimum Gasteiger partial charge on any atom is -0.379 e. The molecule has 31 heavy (non-hydrogen) atoms. The summed E-state index contributed by atoms with van der Waals surface area (Å²) in [4.78, 5) is 15.4. The number of carbonyl (C=O) groups is 1. The number of amides is 1. The molecule has 0 unspecified atom stereocenters. The van der Waals surface area contributed by atoms with E-state index in [4.69, 9.17) is 4.74 Å². The number of halogens is 1. The summed E-state index contributed by atoms with van der Waals surface area (Å²) in [6, 6.07) is 8.87. The van der Waals surface area contributed by atoms with Crippen LogP contribution in [0.1, 0.15) is 28.8 Å². The predicted octanol–water partition coefficient (Wildman–Crippen LogP) is 3.01. The van der Waals surface area contributed by atoms with Crippen LogP contribution in [0.25, 0.3) is 0 Å². The van der Waals surface area contributed by atoms with Crippen LogP contribution in [0.5, 0.6) is 0 Å². The second-order valence-electron chi connectivity index (χ2n) is 7.80. The van der Waals surface area contributed by atoms with Crippen LogP contribution in [0, 0.1) is 12.7 Å². The summed E-state index contributed by atoms with van der Waals surface area (Å²) in [7, 11) is -3.75. The summed E-state index contributed by atoms with van der Waals surface area (Å²) in [5.74, 6) is -0.918. The first-order valence-corrected chi connectivity index (χ1v) is 11.8. The molecule has 2 saturated heterocycles. The number of hydrogen-bond donors (Lipinski definition) is 1. The van der Waals surface area contributed by atoms with Gasteiger partial charge in [-0.05, 0) is 55.7 Å². The molecule has 4 rings (SSSR count). The van der Waals surface area contributed by atoms with Gasteiger partial charge in [-0.2, -0.15) is 4.31 Å². The Hall–Kier alpha value is -2.49. The maximum atomic E-state index is 13.7. The van der Waals surface area contributed by atoms with Gasteiger partial charge in [0.1, 0.15) is 5.82 Å². The highest BCUT2D eigenvalue weighted by atomic mass is 32.2. The van der Waals surface area contributed by atoms with Crippen LogP contribution in [0.4, 0.5) is 15.8 Å². The van der Waals surface area contributed by atoms with E-state index in [0.717, 1.165) is 31.5 Å². The van der Waals surface area contributed by atoms with Crippen molar-refractivity contribution in [1.29, 1.82) is 0 Å². The first-order chi connectivity index (χ1) is 14.9. The minimum atomic E-state index is -3.75. The second kappa shape index (κ2) is 8.94. The van der Waals surface area contributed by atoms with Crippen molar-refractivity contribution in [3.8, 4) is 0 Å². The van der Waals surface area contributed by atoms with E-state index < -0.39 is 21.7 Å². The molecule has 0 radical (unpaired) electrons. The first-order valence-electron chi connectivity index (χ1n) is 10.4. The summed E-state index contributed by atoms with van der Waals surface area (Å²) >= 11 is 0. The molecule has 2 heterocycles. The second-order valence-corrected chi connectivity index (χ2v) is 9.74. The predicted molar refractivity (Wildman–Crippen MR) is 117 cm³/mol. The van der Waals surface area contributed by atoms with Crippen LogP contribution in [-0.4, -0.2) is 58.0 Å². The molecule has 0 bridgehead atoms. The lowest BCUT2D eigenvalue weighted by atomic mass is 10.1. The molecule has 0 aliphatic carbocycles. The number of hydrogen-bond acceptors (Lipinski definition) is 5. The Labute approximate surface area is 181 Å². The Kier molecular flexibility index (Phi) is 6.27. The number of aryl methyl sites for hydroxylation is 1. The van der Waals surface area contributed by atoms with Gasteiger partial charge in [0.25, 0.3) is 5.91 Å². The quantitative estimate of drug-likeness (QED) is 0.762. The fourth-order valence-electron chi connectivity index (χ4n) is 3.95. The number of morpholine rings is 1. The average molecular weight is 448 g/mol. The monoisotopic (exact) mass is 447 g/mol. The summed E-state index contributed by atoms with van der Waals surface area (Å²) in [6.45, 7) is 4.62. The first kappa shape index (κ1) is 21.7. The van der Waals surface area contributed by atoms with E-state index in [1.54, 1.807) is 25.1 Å². The molecule has 0 aromatic heterocycles. The zero-order valence-corrected chi connectivity index (χ0v) is 18.3. The maximum Gasteiger partial charge on any atom is 0.257 e. The average Bonchev–Trinajstić information content (AvgIpc) is 3.31. The van der Waals surface area contributed by atoms with E-state index in [2.05, 4.69) is 10.2 Å². The smallest absolute Gasteiger partial charge is 0.257 e. The minimum absolute atomic E-state index is 0.0680. The number of nitrogens with one attached hydrogen (secondary N) is 1. The Bertz CT molecular complexity index is 1080. The summed E-state index contributed by atoms with van der Waals surface area (Å²) in [6.07, 6.45) is 2.02. The Balaban J connectivity index is 1.71. The van der Waals surface area contributed by atoms with E-state index in [-0.39, 0.29) is 23.5 Å². The molecule has 0 saturated carbocycles. The van der Waals surface area contributed by atoms with Crippen molar-refractivity contribution in [1.82, 2.24) is 4.31 Å². The molecule has 2 aromatic rings. The van der Waals surface area contributed by atoms with Crippen molar-refractivity contribution >= 4 is 27.3 Å². The van der Waals surface area contributed by atoms with Gasteiger partial charge in [-0.15, -0.1) is 0 Å². The number of ether oxygens (including phenoxy) is 1. The lowest BCUT2D eigenvalue weighted by molar-refractivity contribution is 0.0730. The van der Waals surface area contributed by atoms with Gasteiger partial charge in [0, 0.05) is 37.6 Å². The highest BCUT2D eigenvalue weighted by Crippen LogP contribution is 2.30. The van der Waals surface area contributed by atoms with Crippen molar-refractivity contribution in [2.75, 3.05) is 49.6 Å². The highest BCUT2D eigenvalue weighted by Gasteiger charge is 2.29. The van der Waals surface area contributed by atoms with Gasteiger partial charge in [-0.3, -0.25) is 4.79 Å².